The van der Waals surface area contributed by atoms with E-state index in [4.69, 9.17) is 4.52 Å². The fourth-order valence-electron chi connectivity index (χ4n) is 2.80. The number of carbonyl (C=O) groups excluding carboxylic acids is 2. The zero-order valence-electron chi connectivity index (χ0n) is 14.0. The zero-order chi connectivity index (χ0) is 16.9. The Bertz CT molecular complexity index is 635. The first kappa shape index (κ1) is 16.6. The zero-order valence-corrected chi connectivity index (χ0v) is 14.0. The van der Waals surface area contributed by atoms with E-state index in [1.54, 1.807) is 4.90 Å². The molecule has 1 aromatic rings. The van der Waals surface area contributed by atoms with Gasteiger partial charge in [0.15, 0.2) is 5.82 Å². The van der Waals surface area contributed by atoms with Crippen molar-refractivity contribution in [1.82, 2.24) is 20.5 Å². The molecule has 0 radical (unpaired) electrons. The summed E-state index contributed by atoms with van der Waals surface area (Å²) in [5, 5.41) is 7.99. The lowest BCUT2D eigenvalue weighted by Crippen LogP contribution is -2.32. The summed E-state index contributed by atoms with van der Waals surface area (Å²) >= 11 is 0. The Kier molecular flexibility index (Phi) is 5.22. The third kappa shape index (κ3) is 3.98. The summed E-state index contributed by atoms with van der Waals surface area (Å²) in [5.74, 6) is 1.63. The lowest BCUT2D eigenvalue weighted by atomic mass is 9.85. The van der Waals surface area contributed by atoms with Crippen molar-refractivity contribution >= 4 is 17.5 Å². The molecule has 0 saturated heterocycles. The Morgan fingerprint density at radius 2 is 2.21 bits per heavy atom. The molecule has 1 N–H and O–H groups in total. The number of rotatable bonds is 7. The molecule has 0 atom stereocenters. The van der Waals surface area contributed by atoms with E-state index >= 15 is 0 Å². The molecule has 0 bridgehead atoms. The first-order chi connectivity index (χ1) is 11.7. The molecule has 1 aliphatic heterocycles. The van der Waals surface area contributed by atoms with Gasteiger partial charge in [-0.1, -0.05) is 11.6 Å². The Balaban J connectivity index is 1.50. The predicted octanol–water partition coefficient (Wildman–Crippen LogP) is 1.73. The van der Waals surface area contributed by atoms with E-state index in [2.05, 4.69) is 20.7 Å². The highest BCUT2D eigenvalue weighted by atomic mass is 16.5. The molecule has 2 amide bonds. The smallest absolute Gasteiger partial charge is 0.240 e. The maximum Gasteiger partial charge on any atom is 0.240 e. The molecular weight excluding hydrogens is 310 g/mol. The highest BCUT2D eigenvalue weighted by Crippen LogP contribution is 2.35. The van der Waals surface area contributed by atoms with E-state index in [9.17, 15) is 9.59 Å². The van der Waals surface area contributed by atoms with Gasteiger partial charge in [0.05, 0.1) is 6.54 Å². The minimum absolute atomic E-state index is 0.0343. The number of hydrogen-bond acceptors (Lipinski definition) is 6. The highest BCUT2D eigenvalue weighted by Gasteiger charge is 2.26. The summed E-state index contributed by atoms with van der Waals surface area (Å²) in [4.78, 5) is 29.6. The second kappa shape index (κ2) is 7.55. The quantitative estimate of drug-likeness (QED) is 0.819. The van der Waals surface area contributed by atoms with Gasteiger partial charge >= 0.3 is 0 Å². The van der Waals surface area contributed by atoms with Crippen LogP contribution in [0.5, 0.6) is 0 Å². The second-order valence-corrected chi connectivity index (χ2v) is 6.30. The topological polar surface area (TPSA) is 101 Å². The molecule has 2 aliphatic rings. The molecule has 1 aliphatic carbocycles. The average Bonchev–Trinajstić information content (AvgIpc) is 2.98. The standard InChI is InChI=1S/C16H23N5O3/c1-2-21(10-13-17-16(24-20-13)11-4-3-5-11)15(23)9-7-12-6-8-14(22)19-18-12/h11H,2-10H2,1H3,(H,19,22). The monoisotopic (exact) mass is 333 g/mol. The van der Waals surface area contributed by atoms with Crippen LogP contribution in [-0.4, -0.2) is 39.1 Å². The van der Waals surface area contributed by atoms with Crippen LogP contribution in [-0.2, 0) is 16.1 Å². The Labute approximate surface area is 140 Å². The van der Waals surface area contributed by atoms with Gasteiger partial charge in [-0.15, -0.1) is 0 Å². The molecule has 8 heteroatoms. The van der Waals surface area contributed by atoms with Crippen LogP contribution in [0.3, 0.4) is 0 Å². The molecule has 1 fully saturated rings. The average molecular weight is 333 g/mol. The number of carbonyl (C=O) groups is 2. The summed E-state index contributed by atoms with van der Waals surface area (Å²) in [6.45, 7) is 2.90. The Morgan fingerprint density at radius 1 is 1.38 bits per heavy atom. The maximum atomic E-state index is 12.4. The number of aromatic nitrogens is 2. The van der Waals surface area contributed by atoms with Crippen LogP contribution in [0.25, 0.3) is 0 Å². The fourth-order valence-corrected chi connectivity index (χ4v) is 2.80. The van der Waals surface area contributed by atoms with Crippen molar-refractivity contribution < 1.29 is 14.1 Å². The minimum Gasteiger partial charge on any atom is -0.339 e. The molecule has 0 unspecified atom stereocenters. The van der Waals surface area contributed by atoms with Gasteiger partial charge in [0.1, 0.15) is 0 Å². The van der Waals surface area contributed by atoms with Gasteiger partial charge in [-0.25, -0.2) is 5.43 Å². The van der Waals surface area contributed by atoms with Gasteiger partial charge in [-0.2, -0.15) is 10.1 Å². The van der Waals surface area contributed by atoms with E-state index in [0.717, 1.165) is 18.6 Å². The first-order valence-electron chi connectivity index (χ1n) is 8.60. The van der Waals surface area contributed by atoms with Gasteiger partial charge in [0.2, 0.25) is 17.7 Å². The molecule has 1 aromatic heterocycles. The number of nitrogens with one attached hydrogen (secondary N) is 1. The largest absolute Gasteiger partial charge is 0.339 e. The highest BCUT2D eigenvalue weighted by molar-refractivity contribution is 5.94. The van der Waals surface area contributed by atoms with E-state index in [1.807, 2.05) is 6.92 Å². The van der Waals surface area contributed by atoms with Gasteiger partial charge < -0.3 is 9.42 Å². The minimum atomic E-state index is -0.0698. The van der Waals surface area contributed by atoms with Crippen LogP contribution in [0.1, 0.15) is 69.5 Å². The van der Waals surface area contributed by atoms with Crippen LogP contribution in [0.4, 0.5) is 0 Å². The molecule has 8 nitrogen and oxygen atoms in total. The van der Waals surface area contributed by atoms with Crippen molar-refractivity contribution in [3.05, 3.63) is 11.7 Å². The maximum absolute atomic E-state index is 12.4. The molecule has 1 saturated carbocycles. The summed E-state index contributed by atoms with van der Waals surface area (Å²) in [6, 6.07) is 0. The number of hydrazone groups is 1. The van der Waals surface area contributed by atoms with E-state index in [0.29, 0.717) is 56.4 Å². The molecular formula is C16H23N5O3. The Hall–Kier alpha value is -2.25. The molecule has 0 aromatic carbocycles. The lowest BCUT2D eigenvalue weighted by molar-refractivity contribution is -0.131. The lowest BCUT2D eigenvalue weighted by Gasteiger charge is -2.21. The number of nitrogens with zero attached hydrogens (tertiary/aromatic N) is 4. The SMILES string of the molecule is CCN(Cc1noc(C2CCC2)n1)C(=O)CCC1=NNC(=O)CC1. The number of hydrogen-bond donors (Lipinski definition) is 1. The van der Waals surface area contributed by atoms with E-state index < -0.39 is 0 Å². The molecule has 130 valence electrons. The van der Waals surface area contributed by atoms with E-state index in [-0.39, 0.29) is 11.8 Å². The normalized spacial score (nSPS) is 17.9. The predicted molar refractivity (Wildman–Crippen MR) is 86.0 cm³/mol. The number of amides is 2. The van der Waals surface area contributed by atoms with Crippen molar-refractivity contribution in [2.24, 2.45) is 5.10 Å². The summed E-state index contributed by atoms with van der Waals surface area (Å²) < 4.78 is 5.30. The summed E-state index contributed by atoms with van der Waals surface area (Å²) in [6.07, 6.45) is 5.43. The molecule has 2 heterocycles. The Morgan fingerprint density at radius 3 is 2.83 bits per heavy atom. The first-order valence-corrected chi connectivity index (χ1v) is 8.60. The second-order valence-electron chi connectivity index (χ2n) is 6.30. The summed E-state index contributed by atoms with van der Waals surface area (Å²) in [5.41, 5.74) is 3.32. The van der Waals surface area contributed by atoms with Gasteiger partial charge in [0.25, 0.3) is 0 Å². The molecule has 0 spiro atoms. The van der Waals surface area contributed by atoms with Gasteiger partial charge in [-0.05, 0) is 32.6 Å². The molecule has 24 heavy (non-hydrogen) atoms. The third-order valence-corrected chi connectivity index (χ3v) is 4.61. The van der Waals surface area contributed by atoms with Crippen LogP contribution >= 0.6 is 0 Å². The summed E-state index contributed by atoms with van der Waals surface area (Å²) in [7, 11) is 0. The van der Waals surface area contributed by atoms with Gasteiger partial charge in [0, 0.05) is 31.0 Å². The van der Waals surface area contributed by atoms with Crippen LogP contribution in [0.2, 0.25) is 0 Å². The van der Waals surface area contributed by atoms with E-state index in [1.165, 1.54) is 6.42 Å². The van der Waals surface area contributed by atoms with Crippen LogP contribution in [0, 0.1) is 0 Å². The van der Waals surface area contributed by atoms with Crippen molar-refractivity contribution in [3.63, 3.8) is 0 Å². The van der Waals surface area contributed by atoms with Gasteiger partial charge in [-0.3, -0.25) is 9.59 Å². The third-order valence-electron chi connectivity index (χ3n) is 4.61. The fraction of sp³-hybridized carbons (Fsp3) is 0.688. The van der Waals surface area contributed by atoms with Crippen molar-refractivity contribution in [2.45, 2.75) is 64.3 Å². The van der Waals surface area contributed by atoms with Crippen LogP contribution in [0.15, 0.2) is 9.62 Å². The van der Waals surface area contributed by atoms with Crippen molar-refractivity contribution in [1.29, 1.82) is 0 Å². The van der Waals surface area contributed by atoms with Crippen molar-refractivity contribution in [3.8, 4) is 0 Å². The molecule has 3 rings (SSSR count). The van der Waals surface area contributed by atoms with Crippen molar-refractivity contribution in [2.75, 3.05) is 6.54 Å². The van der Waals surface area contributed by atoms with Crippen LogP contribution < -0.4 is 5.43 Å².